The lowest BCUT2D eigenvalue weighted by atomic mass is 10.1. The van der Waals surface area contributed by atoms with Crippen LogP contribution in [0.15, 0.2) is 42.5 Å². The first kappa shape index (κ1) is 15.6. The largest absolute Gasteiger partial charge is 0.497 e. The van der Waals surface area contributed by atoms with Gasteiger partial charge in [0, 0.05) is 29.4 Å². The summed E-state index contributed by atoms with van der Waals surface area (Å²) in [6.45, 7) is 1.91. The fraction of sp³-hybridized carbons (Fsp3) is 0.176. The summed E-state index contributed by atoms with van der Waals surface area (Å²) >= 11 is 0. The van der Waals surface area contributed by atoms with E-state index in [0.717, 1.165) is 5.56 Å². The zero-order valence-electron chi connectivity index (χ0n) is 12.7. The highest BCUT2D eigenvalue weighted by molar-refractivity contribution is 6.46. The Balaban J connectivity index is 2.17. The second kappa shape index (κ2) is 6.76. The molecule has 1 N–H and O–H groups in total. The number of ketones is 1. The Bertz CT molecular complexity index is 670. The van der Waals surface area contributed by atoms with Gasteiger partial charge in [-0.05, 0) is 6.92 Å². The first-order chi connectivity index (χ1) is 10.5. The SMILES string of the molecule is COc1cc(NC(=O)C(=O)c2ccc(C)cc2)cc(OC)c1. The van der Waals surface area contributed by atoms with Crippen molar-refractivity contribution in [3.63, 3.8) is 0 Å². The van der Waals surface area contributed by atoms with E-state index >= 15 is 0 Å². The summed E-state index contributed by atoms with van der Waals surface area (Å²) < 4.78 is 10.2. The summed E-state index contributed by atoms with van der Waals surface area (Å²) in [7, 11) is 3.02. The number of carbonyl (C=O) groups excluding carboxylic acids is 2. The standard InChI is InChI=1S/C17H17NO4/c1-11-4-6-12(7-5-11)16(19)17(20)18-13-8-14(21-2)10-15(9-13)22-3/h4-10H,1-3H3,(H,18,20). The average Bonchev–Trinajstić information content (AvgIpc) is 2.54. The van der Waals surface area contributed by atoms with Crippen molar-refractivity contribution in [3.8, 4) is 11.5 Å². The van der Waals surface area contributed by atoms with Gasteiger partial charge in [0.1, 0.15) is 11.5 Å². The molecule has 5 nitrogen and oxygen atoms in total. The highest BCUT2D eigenvalue weighted by Crippen LogP contribution is 2.25. The summed E-state index contributed by atoms with van der Waals surface area (Å²) in [5, 5.41) is 2.56. The van der Waals surface area contributed by atoms with Crippen LogP contribution in [-0.4, -0.2) is 25.9 Å². The lowest BCUT2D eigenvalue weighted by Gasteiger charge is -2.09. The fourth-order valence-electron chi connectivity index (χ4n) is 1.90. The molecule has 114 valence electrons. The van der Waals surface area contributed by atoms with E-state index in [2.05, 4.69) is 5.32 Å². The van der Waals surface area contributed by atoms with Gasteiger partial charge < -0.3 is 14.8 Å². The number of anilines is 1. The molecule has 0 heterocycles. The quantitative estimate of drug-likeness (QED) is 0.681. The number of Topliss-reactive ketones (excluding diaryl/α,β-unsaturated/α-hetero) is 1. The second-order valence-electron chi connectivity index (χ2n) is 4.75. The van der Waals surface area contributed by atoms with Crippen molar-refractivity contribution < 1.29 is 19.1 Å². The molecule has 2 rings (SSSR count). The highest BCUT2D eigenvalue weighted by atomic mass is 16.5. The molecule has 0 fully saturated rings. The van der Waals surface area contributed by atoms with Crippen LogP contribution in [0.1, 0.15) is 15.9 Å². The maximum atomic E-state index is 12.1. The highest BCUT2D eigenvalue weighted by Gasteiger charge is 2.16. The van der Waals surface area contributed by atoms with Gasteiger partial charge in [0.25, 0.3) is 11.7 Å². The van der Waals surface area contributed by atoms with Crippen molar-refractivity contribution >= 4 is 17.4 Å². The number of rotatable bonds is 5. The van der Waals surface area contributed by atoms with E-state index in [1.807, 2.05) is 6.92 Å². The minimum absolute atomic E-state index is 0.345. The Kier molecular flexibility index (Phi) is 4.78. The Morgan fingerprint density at radius 1 is 0.909 bits per heavy atom. The molecule has 5 heteroatoms. The molecule has 2 aromatic rings. The van der Waals surface area contributed by atoms with Crippen LogP contribution < -0.4 is 14.8 Å². The maximum absolute atomic E-state index is 12.1. The summed E-state index contributed by atoms with van der Waals surface area (Å²) in [6, 6.07) is 11.7. The van der Waals surface area contributed by atoms with Crippen molar-refractivity contribution in [2.45, 2.75) is 6.92 Å². The second-order valence-corrected chi connectivity index (χ2v) is 4.75. The molecule has 22 heavy (non-hydrogen) atoms. The van der Waals surface area contributed by atoms with Crippen LogP contribution in [0.2, 0.25) is 0 Å². The van der Waals surface area contributed by atoms with Gasteiger partial charge in [-0.2, -0.15) is 0 Å². The average molecular weight is 299 g/mol. The lowest BCUT2D eigenvalue weighted by Crippen LogP contribution is -2.22. The number of ether oxygens (including phenoxy) is 2. The molecule has 0 radical (unpaired) electrons. The molecule has 0 saturated heterocycles. The van der Waals surface area contributed by atoms with Crippen molar-refractivity contribution in [2.24, 2.45) is 0 Å². The molecule has 0 aliphatic heterocycles. The summed E-state index contributed by atoms with van der Waals surface area (Å²) in [5.74, 6) is -0.254. The summed E-state index contributed by atoms with van der Waals surface area (Å²) in [4.78, 5) is 24.1. The van der Waals surface area contributed by atoms with Gasteiger partial charge in [0.15, 0.2) is 0 Å². The Morgan fingerprint density at radius 2 is 1.45 bits per heavy atom. The van der Waals surface area contributed by atoms with E-state index in [9.17, 15) is 9.59 Å². The number of carbonyl (C=O) groups is 2. The van der Waals surface area contributed by atoms with Gasteiger partial charge in [-0.25, -0.2) is 0 Å². The number of hydrogen-bond donors (Lipinski definition) is 1. The van der Waals surface area contributed by atoms with Crippen LogP contribution in [0.3, 0.4) is 0 Å². The normalized spacial score (nSPS) is 9.95. The molecular weight excluding hydrogens is 282 g/mol. The Morgan fingerprint density at radius 3 is 1.95 bits per heavy atom. The molecule has 0 aliphatic carbocycles. The molecule has 0 spiro atoms. The van der Waals surface area contributed by atoms with E-state index in [0.29, 0.717) is 22.7 Å². The van der Waals surface area contributed by atoms with Crippen LogP contribution in [0, 0.1) is 6.92 Å². The number of nitrogens with one attached hydrogen (secondary N) is 1. The molecule has 0 unspecified atom stereocenters. The minimum atomic E-state index is -0.709. The molecule has 0 bridgehead atoms. The third kappa shape index (κ3) is 3.63. The third-order valence-electron chi connectivity index (χ3n) is 3.13. The lowest BCUT2D eigenvalue weighted by molar-refractivity contribution is -0.112. The maximum Gasteiger partial charge on any atom is 0.296 e. The van der Waals surface area contributed by atoms with E-state index in [1.165, 1.54) is 14.2 Å². The van der Waals surface area contributed by atoms with Gasteiger partial charge in [-0.15, -0.1) is 0 Å². The third-order valence-corrected chi connectivity index (χ3v) is 3.13. The molecule has 0 aliphatic rings. The van der Waals surface area contributed by atoms with Crippen LogP contribution in [-0.2, 0) is 4.79 Å². The smallest absolute Gasteiger partial charge is 0.296 e. The number of methoxy groups -OCH3 is 2. The first-order valence-electron chi connectivity index (χ1n) is 6.69. The fourth-order valence-corrected chi connectivity index (χ4v) is 1.90. The van der Waals surface area contributed by atoms with E-state index < -0.39 is 11.7 Å². The molecule has 0 saturated carbocycles. The molecule has 0 atom stereocenters. The Hall–Kier alpha value is -2.82. The van der Waals surface area contributed by atoms with Crippen LogP contribution in [0.5, 0.6) is 11.5 Å². The Labute approximate surface area is 128 Å². The van der Waals surface area contributed by atoms with Crippen molar-refractivity contribution in [1.29, 1.82) is 0 Å². The summed E-state index contributed by atoms with van der Waals surface area (Å²) in [6.07, 6.45) is 0. The van der Waals surface area contributed by atoms with Gasteiger partial charge in [0.05, 0.1) is 14.2 Å². The van der Waals surface area contributed by atoms with Gasteiger partial charge in [0.2, 0.25) is 0 Å². The minimum Gasteiger partial charge on any atom is -0.497 e. The van der Waals surface area contributed by atoms with Crippen molar-refractivity contribution in [2.75, 3.05) is 19.5 Å². The monoisotopic (exact) mass is 299 g/mol. The van der Waals surface area contributed by atoms with Gasteiger partial charge in [-0.3, -0.25) is 9.59 Å². The van der Waals surface area contributed by atoms with E-state index in [1.54, 1.807) is 42.5 Å². The van der Waals surface area contributed by atoms with Crippen LogP contribution in [0.25, 0.3) is 0 Å². The predicted molar refractivity (Wildman–Crippen MR) is 83.7 cm³/mol. The van der Waals surface area contributed by atoms with Crippen molar-refractivity contribution in [3.05, 3.63) is 53.6 Å². The van der Waals surface area contributed by atoms with E-state index in [-0.39, 0.29) is 0 Å². The predicted octanol–water partition coefficient (Wildman–Crippen LogP) is 2.83. The number of amides is 1. The number of hydrogen-bond acceptors (Lipinski definition) is 4. The van der Waals surface area contributed by atoms with Gasteiger partial charge >= 0.3 is 0 Å². The zero-order chi connectivity index (χ0) is 16.1. The van der Waals surface area contributed by atoms with Crippen molar-refractivity contribution in [1.82, 2.24) is 0 Å². The van der Waals surface area contributed by atoms with Crippen LogP contribution >= 0.6 is 0 Å². The molecule has 0 aromatic heterocycles. The zero-order valence-corrected chi connectivity index (χ0v) is 12.7. The van der Waals surface area contributed by atoms with Crippen LogP contribution in [0.4, 0.5) is 5.69 Å². The molecule has 2 aromatic carbocycles. The molecular formula is C17H17NO4. The topological polar surface area (TPSA) is 64.6 Å². The van der Waals surface area contributed by atoms with E-state index in [4.69, 9.17) is 9.47 Å². The number of benzene rings is 2. The summed E-state index contributed by atoms with van der Waals surface area (Å²) in [5.41, 5.74) is 1.80. The first-order valence-corrected chi connectivity index (χ1v) is 6.69. The molecule has 1 amide bonds. The number of aryl methyl sites for hydroxylation is 1. The van der Waals surface area contributed by atoms with Gasteiger partial charge in [-0.1, -0.05) is 29.8 Å².